The first kappa shape index (κ1) is 17.5. The lowest BCUT2D eigenvalue weighted by molar-refractivity contribution is -0.133. The van der Waals surface area contributed by atoms with Gasteiger partial charge in [0.15, 0.2) is 5.76 Å². The Bertz CT molecular complexity index is 1050. The number of amides is 2. The smallest absolute Gasteiger partial charge is 0.289 e. The molecule has 0 radical (unpaired) electrons. The van der Waals surface area contributed by atoms with Crippen molar-refractivity contribution in [1.82, 2.24) is 19.6 Å². The second-order valence-corrected chi connectivity index (χ2v) is 7.11. The van der Waals surface area contributed by atoms with Gasteiger partial charge in [-0.1, -0.05) is 12.1 Å². The number of hydrogen-bond donors (Lipinski definition) is 0. The van der Waals surface area contributed by atoms with E-state index in [0.29, 0.717) is 38.5 Å². The summed E-state index contributed by atoms with van der Waals surface area (Å²) in [5.74, 6) is 0.984. The lowest BCUT2D eigenvalue weighted by atomic mass is 10.0. The molecule has 0 aliphatic carbocycles. The molecule has 1 saturated heterocycles. The molecular weight excluding hydrogens is 372 g/mol. The Hall–Kier alpha value is -3.55. The third kappa shape index (κ3) is 3.16. The zero-order valence-corrected chi connectivity index (χ0v) is 15.8. The fourth-order valence-electron chi connectivity index (χ4n) is 3.85. The van der Waals surface area contributed by atoms with Gasteiger partial charge in [-0.25, -0.2) is 0 Å². The second-order valence-electron chi connectivity index (χ2n) is 7.11. The molecule has 2 amide bonds. The van der Waals surface area contributed by atoms with E-state index in [2.05, 4.69) is 5.10 Å². The van der Waals surface area contributed by atoms with E-state index in [0.717, 1.165) is 22.6 Å². The maximum absolute atomic E-state index is 12.9. The van der Waals surface area contributed by atoms with Gasteiger partial charge < -0.3 is 19.0 Å². The monoisotopic (exact) mass is 392 g/mol. The van der Waals surface area contributed by atoms with Gasteiger partial charge in [0.25, 0.3) is 5.91 Å². The number of piperazine rings is 1. The summed E-state index contributed by atoms with van der Waals surface area (Å²) in [5.41, 5.74) is 2.87. The van der Waals surface area contributed by atoms with Gasteiger partial charge in [-0.3, -0.25) is 14.3 Å². The van der Waals surface area contributed by atoms with Crippen molar-refractivity contribution in [3.63, 3.8) is 0 Å². The van der Waals surface area contributed by atoms with Crippen LogP contribution in [0, 0.1) is 0 Å². The molecule has 0 N–H and O–H groups in total. The average molecular weight is 392 g/mol. The third-order valence-electron chi connectivity index (χ3n) is 5.38. The van der Waals surface area contributed by atoms with Crippen molar-refractivity contribution in [2.75, 3.05) is 26.2 Å². The molecule has 1 aromatic carbocycles. The predicted octanol–water partition coefficient (Wildman–Crippen LogP) is 2.02. The minimum Gasteiger partial charge on any atom is -0.488 e. The molecule has 29 heavy (non-hydrogen) atoms. The highest BCUT2D eigenvalue weighted by atomic mass is 16.5. The summed E-state index contributed by atoms with van der Waals surface area (Å²) in [7, 11) is 0. The SMILES string of the molecule is O=C(Cn1ncc2c1-c1ccccc1OC2)N1CCN(C(=O)c2ccco2)CC1. The van der Waals surface area contributed by atoms with Crippen LogP contribution in [0.3, 0.4) is 0 Å². The normalized spacial score (nSPS) is 15.4. The van der Waals surface area contributed by atoms with Gasteiger partial charge in [0.2, 0.25) is 5.91 Å². The standard InChI is InChI=1S/C21H20N4O4/c26-19(23-7-9-24(10-8-23)21(27)18-6-3-11-28-18)13-25-20-15(12-22-25)14-29-17-5-2-1-4-16(17)20/h1-6,11-12H,7-10,13-14H2. The summed E-state index contributed by atoms with van der Waals surface area (Å²) in [4.78, 5) is 28.8. The van der Waals surface area contributed by atoms with Crippen LogP contribution in [-0.4, -0.2) is 57.6 Å². The molecule has 2 aliphatic heterocycles. The maximum Gasteiger partial charge on any atom is 0.289 e. The molecule has 8 nitrogen and oxygen atoms in total. The summed E-state index contributed by atoms with van der Waals surface area (Å²) in [6, 6.07) is 11.1. The number of nitrogens with zero attached hydrogens (tertiary/aromatic N) is 4. The van der Waals surface area contributed by atoms with Crippen LogP contribution in [0.25, 0.3) is 11.3 Å². The molecular formula is C21H20N4O4. The van der Waals surface area contributed by atoms with Gasteiger partial charge >= 0.3 is 0 Å². The quantitative estimate of drug-likeness (QED) is 0.681. The Kier molecular flexibility index (Phi) is 4.31. The number of rotatable bonds is 3. The molecule has 8 heteroatoms. The molecule has 148 valence electrons. The Morgan fingerprint density at radius 3 is 2.59 bits per heavy atom. The van der Waals surface area contributed by atoms with Crippen LogP contribution in [-0.2, 0) is 17.9 Å². The number of ether oxygens (including phenoxy) is 1. The van der Waals surface area contributed by atoms with E-state index in [4.69, 9.17) is 9.15 Å². The van der Waals surface area contributed by atoms with Crippen molar-refractivity contribution < 1.29 is 18.7 Å². The molecule has 5 rings (SSSR count). The molecule has 4 heterocycles. The lowest BCUT2D eigenvalue weighted by Crippen LogP contribution is -2.51. The van der Waals surface area contributed by atoms with Crippen LogP contribution in [0.15, 0.2) is 53.3 Å². The Labute approximate surface area is 167 Å². The minimum atomic E-state index is -0.139. The Balaban J connectivity index is 1.26. The molecule has 0 atom stereocenters. The van der Waals surface area contributed by atoms with Gasteiger partial charge in [0.1, 0.15) is 18.9 Å². The third-order valence-corrected chi connectivity index (χ3v) is 5.38. The van der Waals surface area contributed by atoms with Crippen LogP contribution in [0.4, 0.5) is 0 Å². The number of fused-ring (bicyclic) bond motifs is 3. The van der Waals surface area contributed by atoms with Crippen molar-refractivity contribution in [2.45, 2.75) is 13.2 Å². The topological polar surface area (TPSA) is 80.8 Å². The van der Waals surface area contributed by atoms with Crippen molar-refractivity contribution in [3.8, 4) is 17.0 Å². The zero-order chi connectivity index (χ0) is 19.8. The van der Waals surface area contributed by atoms with Crippen LogP contribution in [0.5, 0.6) is 5.75 Å². The highest BCUT2D eigenvalue weighted by Crippen LogP contribution is 2.37. The summed E-state index contributed by atoms with van der Waals surface area (Å²) in [6.45, 7) is 2.57. The molecule has 0 spiro atoms. The Morgan fingerprint density at radius 1 is 1.00 bits per heavy atom. The van der Waals surface area contributed by atoms with Gasteiger partial charge in [0.05, 0.1) is 18.2 Å². The molecule has 2 aliphatic rings. The fourth-order valence-corrected chi connectivity index (χ4v) is 3.85. The summed E-state index contributed by atoms with van der Waals surface area (Å²) >= 11 is 0. The van der Waals surface area contributed by atoms with E-state index < -0.39 is 0 Å². The Morgan fingerprint density at radius 2 is 1.79 bits per heavy atom. The second kappa shape index (κ2) is 7.12. The summed E-state index contributed by atoms with van der Waals surface area (Å²) in [6.07, 6.45) is 3.25. The number of furan rings is 1. The number of hydrogen-bond acceptors (Lipinski definition) is 5. The average Bonchev–Trinajstić information content (AvgIpc) is 3.44. The predicted molar refractivity (Wildman–Crippen MR) is 103 cm³/mol. The van der Waals surface area contributed by atoms with Crippen molar-refractivity contribution in [2.24, 2.45) is 0 Å². The summed E-state index contributed by atoms with van der Waals surface area (Å²) in [5, 5.41) is 4.42. The van der Waals surface area contributed by atoms with Crippen molar-refractivity contribution >= 4 is 11.8 Å². The molecule has 2 aromatic heterocycles. The number of aromatic nitrogens is 2. The van der Waals surface area contributed by atoms with Crippen LogP contribution < -0.4 is 4.74 Å². The van der Waals surface area contributed by atoms with E-state index in [1.54, 1.807) is 32.8 Å². The highest BCUT2D eigenvalue weighted by molar-refractivity contribution is 5.91. The minimum absolute atomic E-state index is 0.00929. The van der Waals surface area contributed by atoms with Gasteiger partial charge in [-0.2, -0.15) is 5.10 Å². The number of carbonyl (C=O) groups excluding carboxylic acids is 2. The first-order chi connectivity index (χ1) is 14.2. The van der Waals surface area contributed by atoms with Gasteiger partial charge in [0, 0.05) is 37.3 Å². The molecule has 0 saturated carbocycles. The first-order valence-corrected chi connectivity index (χ1v) is 9.58. The molecule has 0 unspecified atom stereocenters. The van der Waals surface area contributed by atoms with Gasteiger partial charge in [-0.05, 0) is 24.3 Å². The van der Waals surface area contributed by atoms with Crippen LogP contribution >= 0.6 is 0 Å². The van der Waals surface area contributed by atoms with E-state index in [-0.39, 0.29) is 18.4 Å². The highest BCUT2D eigenvalue weighted by Gasteiger charge is 2.28. The lowest BCUT2D eigenvalue weighted by Gasteiger charge is -2.34. The van der Waals surface area contributed by atoms with E-state index >= 15 is 0 Å². The largest absolute Gasteiger partial charge is 0.488 e. The molecule has 0 bridgehead atoms. The summed E-state index contributed by atoms with van der Waals surface area (Å²) < 4.78 is 12.7. The van der Waals surface area contributed by atoms with Gasteiger partial charge in [-0.15, -0.1) is 0 Å². The fraction of sp³-hybridized carbons (Fsp3) is 0.286. The zero-order valence-electron chi connectivity index (χ0n) is 15.8. The molecule has 1 fully saturated rings. The number of carbonyl (C=O) groups is 2. The van der Waals surface area contributed by atoms with Crippen molar-refractivity contribution in [1.29, 1.82) is 0 Å². The van der Waals surface area contributed by atoms with Crippen molar-refractivity contribution in [3.05, 3.63) is 60.2 Å². The first-order valence-electron chi connectivity index (χ1n) is 9.58. The van der Waals surface area contributed by atoms with E-state index in [9.17, 15) is 9.59 Å². The van der Waals surface area contributed by atoms with Crippen LogP contribution in [0.2, 0.25) is 0 Å². The molecule has 3 aromatic rings. The number of para-hydroxylation sites is 1. The number of benzene rings is 1. The van der Waals surface area contributed by atoms with Crippen LogP contribution in [0.1, 0.15) is 16.1 Å². The maximum atomic E-state index is 12.9. The van der Waals surface area contributed by atoms with E-state index in [1.165, 1.54) is 6.26 Å². The van der Waals surface area contributed by atoms with E-state index in [1.807, 2.05) is 24.3 Å².